The van der Waals surface area contributed by atoms with Crippen LogP contribution in [0.5, 0.6) is 5.75 Å². The van der Waals surface area contributed by atoms with Crippen molar-refractivity contribution in [3.05, 3.63) is 54.9 Å². The Bertz CT molecular complexity index is 1120. The molecule has 3 aromatic rings. The van der Waals surface area contributed by atoms with E-state index in [2.05, 4.69) is 30.3 Å². The Morgan fingerprint density at radius 1 is 1.12 bits per heavy atom. The van der Waals surface area contributed by atoms with Crippen LogP contribution in [0, 0.1) is 0 Å². The zero-order valence-electron chi connectivity index (χ0n) is 18.0. The molecule has 0 spiro atoms. The van der Waals surface area contributed by atoms with Crippen LogP contribution in [0.3, 0.4) is 0 Å². The Kier molecular flexibility index (Phi) is 8.17. The fourth-order valence-corrected chi connectivity index (χ4v) is 2.76. The Morgan fingerprint density at radius 3 is 2.68 bits per heavy atom. The summed E-state index contributed by atoms with van der Waals surface area (Å²) in [7, 11) is 0. The largest absolute Gasteiger partial charge is 0.466 e. The van der Waals surface area contributed by atoms with Gasteiger partial charge in [0.15, 0.2) is 0 Å². The normalized spacial score (nSPS) is 11.2. The number of esters is 1. The molecule has 12 heteroatoms. The molecule has 0 aliphatic rings. The van der Waals surface area contributed by atoms with Gasteiger partial charge in [-0.3, -0.25) is 4.79 Å². The van der Waals surface area contributed by atoms with Gasteiger partial charge < -0.3 is 20.1 Å². The highest BCUT2D eigenvalue weighted by Crippen LogP contribution is 2.29. The Morgan fingerprint density at radius 2 is 1.91 bits per heavy atom. The average Bonchev–Trinajstić information content (AvgIpc) is 2.79. The lowest BCUT2D eigenvalue weighted by atomic mass is 10.2. The molecule has 34 heavy (non-hydrogen) atoms. The summed E-state index contributed by atoms with van der Waals surface area (Å²) in [5.41, 5.74) is 1.49. The van der Waals surface area contributed by atoms with Crippen LogP contribution in [0.4, 0.5) is 35.0 Å². The minimum absolute atomic E-state index is 0.143. The van der Waals surface area contributed by atoms with Gasteiger partial charge >= 0.3 is 18.5 Å². The topological polar surface area (TPSA) is 98.3 Å². The number of hydrogen-bond donors (Lipinski definition) is 2. The maximum absolute atomic E-state index is 13.2. The number of anilines is 3. The van der Waals surface area contributed by atoms with Gasteiger partial charge in [-0.25, -0.2) is 15.0 Å². The number of halogens is 4. The van der Waals surface area contributed by atoms with Crippen molar-refractivity contribution in [2.45, 2.75) is 25.9 Å². The van der Waals surface area contributed by atoms with Crippen molar-refractivity contribution in [1.29, 1.82) is 0 Å². The van der Waals surface area contributed by atoms with Crippen LogP contribution in [-0.2, 0) is 9.53 Å². The summed E-state index contributed by atoms with van der Waals surface area (Å²) in [5.74, 6) is -0.0900. The third-order valence-electron chi connectivity index (χ3n) is 4.25. The van der Waals surface area contributed by atoms with Crippen molar-refractivity contribution in [3.63, 3.8) is 0 Å². The van der Waals surface area contributed by atoms with E-state index >= 15 is 0 Å². The highest BCUT2D eigenvalue weighted by Gasteiger charge is 2.44. The zero-order valence-corrected chi connectivity index (χ0v) is 18.0. The Hall–Kier alpha value is -3.96. The van der Waals surface area contributed by atoms with E-state index in [1.54, 1.807) is 31.3 Å². The van der Waals surface area contributed by atoms with Gasteiger partial charge in [0, 0.05) is 36.3 Å². The predicted molar refractivity (Wildman–Crippen MR) is 116 cm³/mol. The minimum Gasteiger partial charge on any atom is -0.466 e. The number of rotatable bonds is 11. The van der Waals surface area contributed by atoms with Crippen molar-refractivity contribution in [1.82, 2.24) is 15.0 Å². The molecule has 0 aliphatic heterocycles. The first-order valence-electron chi connectivity index (χ1n) is 10.2. The number of benzene rings is 1. The molecule has 180 valence electrons. The maximum Gasteiger partial charge on any atom is 0.461 e. The minimum atomic E-state index is -4.61. The summed E-state index contributed by atoms with van der Waals surface area (Å²) in [6.45, 7) is 2.39. The Labute approximate surface area is 192 Å². The molecule has 2 aromatic heterocycles. The number of carbonyl (C=O) groups is 1. The van der Waals surface area contributed by atoms with E-state index in [1.165, 1.54) is 18.3 Å². The first kappa shape index (κ1) is 24.7. The molecular weight excluding hydrogens is 458 g/mol. The third-order valence-corrected chi connectivity index (χ3v) is 4.25. The Balaban J connectivity index is 1.69. The van der Waals surface area contributed by atoms with E-state index in [1.807, 2.05) is 0 Å². The summed E-state index contributed by atoms with van der Waals surface area (Å²) in [4.78, 5) is 24.1. The molecule has 0 saturated carbocycles. The lowest BCUT2D eigenvalue weighted by Crippen LogP contribution is -2.33. The fraction of sp³-hybridized carbons (Fsp3) is 0.273. The summed E-state index contributed by atoms with van der Waals surface area (Å²) in [6, 6.07) is 10.3. The van der Waals surface area contributed by atoms with Crippen molar-refractivity contribution in [3.8, 4) is 17.0 Å². The van der Waals surface area contributed by atoms with E-state index < -0.39 is 18.3 Å². The van der Waals surface area contributed by atoms with Crippen molar-refractivity contribution >= 4 is 23.4 Å². The summed E-state index contributed by atoms with van der Waals surface area (Å²) in [5, 5.41) is 5.86. The fourth-order valence-electron chi connectivity index (χ4n) is 2.76. The zero-order chi connectivity index (χ0) is 24.6. The molecule has 2 N–H and O–H groups in total. The van der Waals surface area contributed by atoms with E-state index in [9.17, 15) is 22.4 Å². The van der Waals surface area contributed by atoms with Gasteiger partial charge in [0.25, 0.3) is 0 Å². The molecule has 0 bridgehead atoms. The van der Waals surface area contributed by atoms with Crippen molar-refractivity contribution in [2.24, 2.45) is 0 Å². The summed E-state index contributed by atoms with van der Waals surface area (Å²) in [6.07, 6.45) is -5.33. The summed E-state index contributed by atoms with van der Waals surface area (Å²) >= 11 is 0. The van der Waals surface area contributed by atoms with E-state index in [4.69, 9.17) is 4.74 Å². The number of pyridine rings is 1. The highest BCUT2D eigenvalue weighted by molar-refractivity contribution is 5.70. The molecule has 8 nitrogen and oxygen atoms in total. The lowest BCUT2D eigenvalue weighted by Gasteiger charge is -2.17. The van der Waals surface area contributed by atoms with Crippen molar-refractivity contribution < 1.29 is 31.8 Å². The maximum atomic E-state index is 13.2. The molecule has 2 heterocycles. The third kappa shape index (κ3) is 7.02. The molecule has 0 atom stereocenters. The van der Waals surface area contributed by atoms with Gasteiger partial charge in [-0.15, -0.1) is 0 Å². The van der Waals surface area contributed by atoms with Gasteiger partial charge in [0.05, 0.1) is 18.7 Å². The van der Waals surface area contributed by atoms with E-state index in [0.29, 0.717) is 30.2 Å². The molecule has 0 saturated heterocycles. The van der Waals surface area contributed by atoms with Gasteiger partial charge in [-0.1, -0.05) is 6.07 Å². The van der Waals surface area contributed by atoms with Gasteiger partial charge in [0.2, 0.25) is 5.95 Å². The molecule has 0 fully saturated rings. The number of hydrogen-bond acceptors (Lipinski definition) is 8. The molecular formula is C22H21F4N5O3. The smallest absolute Gasteiger partial charge is 0.461 e. The SMILES string of the molecule is CCOC(=O)CCNc1cc(-c2ccnc(Nc3cccc(OC(F)(F)C(F)F)c3)n2)ccn1. The second-order valence-electron chi connectivity index (χ2n) is 6.79. The second-order valence-corrected chi connectivity index (χ2v) is 6.79. The molecule has 0 amide bonds. The number of aromatic nitrogens is 3. The van der Waals surface area contributed by atoms with Gasteiger partial charge in [-0.05, 0) is 37.3 Å². The number of ether oxygens (including phenoxy) is 2. The van der Waals surface area contributed by atoms with Crippen molar-refractivity contribution in [2.75, 3.05) is 23.8 Å². The van der Waals surface area contributed by atoms with Crippen LogP contribution < -0.4 is 15.4 Å². The first-order valence-corrected chi connectivity index (χ1v) is 10.2. The van der Waals surface area contributed by atoms with Crippen LogP contribution in [0.2, 0.25) is 0 Å². The van der Waals surface area contributed by atoms with E-state index in [-0.39, 0.29) is 24.0 Å². The van der Waals surface area contributed by atoms with Crippen LogP contribution in [0.1, 0.15) is 13.3 Å². The second kappa shape index (κ2) is 11.3. The number of carbonyl (C=O) groups excluding carboxylic acids is 1. The van der Waals surface area contributed by atoms with Crippen LogP contribution >= 0.6 is 0 Å². The van der Waals surface area contributed by atoms with Crippen LogP contribution in [-0.4, -0.2) is 46.6 Å². The predicted octanol–water partition coefficient (Wildman–Crippen LogP) is 4.88. The van der Waals surface area contributed by atoms with Gasteiger partial charge in [0.1, 0.15) is 11.6 Å². The van der Waals surface area contributed by atoms with E-state index in [0.717, 1.165) is 12.1 Å². The monoisotopic (exact) mass is 479 g/mol. The van der Waals surface area contributed by atoms with Gasteiger partial charge in [-0.2, -0.15) is 17.6 Å². The highest BCUT2D eigenvalue weighted by atomic mass is 19.3. The quantitative estimate of drug-likeness (QED) is 0.297. The number of nitrogens with zero attached hydrogens (tertiary/aromatic N) is 3. The standard InChI is InChI=1S/C22H21F4N5O3/c1-2-33-19(32)8-11-28-18-12-14(6-9-27-18)17-7-10-29-21(31-17)30-15-4-3-5-16(13-15)34-22(25,26)20(23)24/h3-7,9-10,12-13,20H,2,8,11H2,1H3,(H,27,28)(H,29,30,31). The number of nitrogens with one attached hydrogen (secondary N) is 2. The molecule has 0 aliphatic carbocycles. The summed E-state index contributed by atoms with van der Waals surface area (Å²) < 4.78 is 60.1. The molecule has 3 rings (SSSR count). The molecule has 1 aromatic carbocycles. The molecule has 0 unspecified atom stereocenters. The van der Waals surface area contributed by atoms with Crippen LogP contribution in [0.15, 0.2) is 54.9 Å². The number of alkyl halides is 4. The first-order chi connectivity index (χ1) is 16.3. The molecule has 0 radical (unpaired) electrons. The lowest BCUT2D eigenvalue weighted by molar-refractivity contribution is -0.253. The average molecular weight is 479 g/mol. The van der Waals surface area contributed by atoms with Crippen LogP contribution in [0.25, 0.3) is 11.3 Å².